The van der Waals surface area contributed by atoms with Gasteiger partial charge < -0.3 is 24.8 Å². The summed E-state index contributed by atoms with van der Waals surface area (Å²) >= 11 is 0. The van der Waals surface area contributed by atoms with Crippen molar-refractivity contribution in [3.05, 3.63) is 0 Å². The lowest BCUT2D eigenvalue weighted by Gasteiger charge is -2.47. The molecule has 0 radical (unpaired) electrons. The Bertz CT molecular complexity index is 206. The molecule has 0 bridgehead atoms. The van der Waals surface area contributed by atoms with Gasteiger partial charge in [0.05, 0.1) is 18.8 Å². The van der Waals surface area contributed by atoms with E-state index in [1.807, 2.05) is 6.92 Å². The summed E-state index contributed by atoms with van der Waals surface area (Å²) in [6.07, 6.45) is -1.91. The van der Waals surface area contributed by atoms with Gasteiger partial charge in [-0.3, -0.25) is 0 Å². The lowest BCUT2D eigenvalue weighted by molar-refractivity contribution is -0.342. The molecule has 1 rings (SSSR count). The molecule has 0 amide bonds. The summed E-state index contributed by atoms with van der Waals surface area (Å²) in [5.74, 6) is -1.52. The molecule has 0 aromatic rings. The van der Waals surface area contributed by atoms with Crippen molar-refractivity contribution >= 4 is 0 Å². The Kier molecular flexibility index (Phi) is 4.08. The minimum atomic E-state index is -1.25. The highest BCUT2D eigenvalue weighted by atomic mass is 16.7. The zero-order chi connectivity index (χ0) is 11.6. The van der Waals surface area contributed by atoms with Gasteiger partial charge in [-0.1, -0.05) is 6.92 Å². The Labute approximate surface area is 89.6 Å². The molecule has 1 heterocycles. The monoisotopic (exact) mass is 220 g/mol. The molecule has 1 aliphatic rings. The molecule has 1 aliphatic heterocycles. The fraction of sp³-hybridized carbons (Fsp3) is 1.00. The van der Waals surface area contributed by atoms with Gasteiger partial charge in [-0.2, -0.15) is 0 Å². The van der Waals surface area contributed by atoms with Gasteiger partial charge in [-0.25, -0.2) is 0 Å². The van der Waals surface area contributed by atoms with Gasteiger partial charge in [0.15, 0.2) is 5.79 Å². The highest BCUT2D eigenvalue weighted by Crippen LogP contribution is 2.34. The number of ether oxygens (including phenoxy) is 2. The maximum atomic E-state index is 9.88. The summed E-state index contributed by atoms with van der Waals surface area (Å²) in [5.41, 5.74) is 0. The first kappa shape index (κ1) is 12.9. The summed E-state index contributed by atoms with van der Waals surface area (Å²) in [5, 5.41) is 28.9. The summed E-state index contributed by atoms with van der Waals surface area (Å²) in [6.45, 7) is 3.23. The van der Waals surface area contributed by atoms with Gasteiger partial charge >= 0.3 is 0 Å². The standard InChI is InChI=1S/C10H20O5/c1-4-6-7(5-11)15-10(2,14-3)9(13)8(6)12/h6-9,11-13H,4-5H2,1-3H3/t6-,7?,8?,9?,10-/m1/s1. The van der Waals surface area contributed by atoms with Crippen LogP contribution in [0.3, 0.4) is 0 Å². The lowest BCUT2D eigenvalue weighted by atomic mass is 9.84. The highest BCUT2D eigenvalue weighted by molar-refractivity contribution is 4.93. The average Bonchev–Trinajstić information content (AvgIpc) is 2.25. The maximum absolute atomic E-state index is 9.88. The molecule has 0 spiro atoms. The smallest absolute Gasteiger partial charge is 0.194 e. The number of aliphatic hydroxyl groups excluding tert-OH is 3. The average molecular weight is 220 g/mol. The molecule has 3 unspecified atom stereocenters. The number of hydrogen-bond acceptors (Lipinski definition) is 5. The van der Waals surface area contributed by atoms with E-state index in [2.05, 4.69) is 0 Å². The second kappa shape index (κ2) is 4.76. The van der Waals surface area contributed by atoms with Gasteiger partial charge in [-0.15, -0.1) is 0 Å². The first-order valence-corrected chi connectivity index (χ1v) is 5.20. The molecule has 90 valence electrons. The van der Waals surface area contributed by atoms with E-state index >= 15 is 0 Å². The molecular formula is C10H20O5. The minimum Gasteiger partial charge on any atom is -0.394 e. The second-order valence-corrected chi connectivity index (χ2v) is 4.07. The summed E-state index contributed by atoms with van der Waals surface area (Å²) in [6, 6.07) is 0. The zero-order valence-electron chi connectivity index (χ0n) is 9.38. The Morgan fingerprint density at radius 1 is 1.40 bits per heavy atom. The molecule has 1 saturated heterocycles. The molecule has 5 nitrogen and oxygen atoms in total. The molecule has 0 aliphatic carbocycles. The van der Waals surface area contributed by atoms with Crippen LogP contribution in [0.1, 0.15) is 20.3 Å². The van der Waals surface area contributed by atoms with Gasteiger partial charge in [0.1, 0.15) is 6.10 Å². The van der Waals surface area contributed by atoms with E-state index in [1.54, 1.807) is 6.92 Å². The molecule has 5 heteroatoms. The topological polar surface area (TPSA) is 79.2 Å². The Balaban J connectivity index is 2.87. The molecule has 0 aromatic heterocycles. The Morgan fingerprint density at radius 2 is 2.00 bits per heavy atom. The van der Waals surface area contributed by atoms with Crippen molar-refractivity contribution in [2.75, 3.05) is 13.7 Å². The first-order chi connectivity index (χ1) is 7.00. The van der Waals surface area contributed by atoms with Gasteiger partial charge in [0, 0.05) is 13.0 Å². The minimum absolute atomic E-state index is 0.193. The molecule has 3 N–H and O–H groups in total. The third-order valence-corrected chi connectivity index (χ3v) is 3.22. The number of aliphatic hydroxyl groups is 3. The molecule has 1 fully saturated rings. The van der Waals surface area contributed by atoms with Crippen molar-refractivity contribution in [3.63, 3.8) is 0 Å². The van der Waals surface area contributed by atoms with Crippen LogP contribution < -0.4 is 0 Å². The number of methoxy groups -OCH3 is 1. The summed E-state index contributed by atoms with van der Waals surface area (Å²) < 4.78 is 10.5. The third-order valence-electron chi connectivity index (χ3n) is 3.22. The quantitative estimate of drug-likeness (QED) is 0.597. The van der Waals surface area contributed by atoms with E-state index < -0.39 is 24.1 Å². The van der Waals surface area contributed by atoms with Crippen LogP contribution in [-0.4, -0.2) is 53.1 Å². The van der Waals surface area contributed by atoms with Crippen molar-refractivity contribution in [2.24, 2.45) is 5.92 Å². The summed E-state index contributed by atoms with van der Waals surface area (Å²) in [4.78, 5) is 0. The highest BCUT2D eigenvalue weighted by Gasteiger charge is 2.50. The largest absolute Gasteiger partial charge is 0.394 e. The fourth-order valence-electron chi connectivity index (χ4n) is 2.07. The second-order valence-electron chi connectivity index (χ2n) is 4.07. The van der Waals surface area contributed by atoms with Crippen LogP contribution >= 0.6 is 0 Å². The lowest BCUT2D eigenvalue weighted by Crippen LogP contribution is -2.62. The van der Waals surface area contributed by atoms with Crippen LogP contribution in [-0.2, 0) is 9.47 Å². The van der Waals surface area contributed by atoms with Crippen molar-refractivity contribution in [2.45, 2.75) is 44.4 Å². The van der Waals surface area contributed by atoms with E-state index in [1.165, 1.54) is 7.11 Å². The number of rotatable bonds is 3. The van der Waals surface area contributed by atoms with E-state index in [0.29, 0.717) is 6.42 Å². The normalized spacial score (nSPS) is 46.8. The van der Waals surface area contributed by atoms with Gasteiger partial charge in [-0.05, 0) is 13.3 Å². The van der Waals surface area contributed by atoms with Crippen LogP contribution in [0.25, 0.3) is 0 Å². The van der Waals surface area contributed by atoms with Crippen molar-refractivity contribution in [1.29, 1.82) is 0 Å². The Morgan fingerprint density at radius 3 is 2.40 bits per heavy atom. The molecule has 0 saturated carbocycles. The fourth-order valence-corrected chi connectivity index (χ4v) is 2.07. The SMILES string of the molecule is CC[C@@H]1C(CO)O[C@@](C)(OC)C(O)C1O. The zero-order valence-corrected chi connectivity index (χ0v) is 9.38. The van der Waals surface area contributed by atoms with Gasteiger partial charge in [0.25, 0.3) is 0 Å². The molecule has 5 atom stereocenters. The van der Waals surface area contributed by atoms with Crippen molar-refractivity contribution in [1.82, 2.24) is 0 Å². The maximum Gasteiger partial charge on any atom is 0.194 e. The number of hydrogen-bond donors (Lipinski definition) is 3. The third kappa shape index (κ3) is 2.16. The molecule has 0 aromatic carbocycles. The van der Waals surface area contributed by atoms with Crippen molar-refractivity contribution < 1.29 is 24.8 Å². The van der Waals surface area contributed by atoms with E-state index in [9.17, 15) is 10.2 Å². The predicted octanol–water partition coefficient (Wildman–Crippen LogP) is -0.512. The van der Waals surface area contributed by atoms with Crippen molar-refractivity contribution in [3.8, 4) is 0 Å². The van der Waals surface area contributed by atoms with E-state index in [0.717, 1.165) is 0 Å². The Hall–Kier alpha value is -0.200. The van der Waals surface area contributed by atoms with Crippen LogP contribution in [0.4, 0.5) is 0 Å². The van der Waals surface area contributed by atoms with Crippen LogP contribution in [0.15, 0.2) is 0 Å². The predicted molar refractivity (Wildman–Crippen MR) is 53.2 cm³/mol. The first-order valence-electron chi connectivity index (χ1n) is 5.20. The molecule has 15 heavy (non-hydrogen) atoms. The van der Waals surface area contributed by atoms with Crippen LogP contribution in [0.2, 0.25) is 0 Å². The van der Waals surface area contributed by atoms with Crippen LogP contribution in [0.5, 0.6) is 0 Å². The van der Waals surface area contributed by atoms with E-state index in [-0.39, 0.29) is 12.5 Å². The van der Waals surface area contributed by atoms with Gasteiger partial charge in [0.2, 0.25) is 0 Å². The summed E-state index contributed by atoms with van der Waals surface area (Å²) in [7, 11) is 1.40. The van der Waals surface area contributed by atoms with E-state index in [4.69, 9.17) is 14.6 Å². The van der Waals surface area contributed by atoms with Crippen LogP contribution in [0, 0.1) is 5.92 Å². The molecular weight excluding hydrogens is 200 g/mol.